The quantitative estimate of drug-likeness (QED) is 0.0169. The number of rotatable bonds is 79. The highest BCUT2D eigenvalue weighted by Crippen LogP contribution is 2.45. The van der Waals surface area contributed by atoms with Crippen LogP contribution in [0.1, 0.15) is 408 Å². The zero-order valence-electron chi connectivity index (χ0n) is 65.7. The number of ether oxygens (including phenoxy) is 4. The van der Waals surface area contributed by atoms with Crippen molar-refractivity contribution in [3.8, 4) is 0 Å². The Balaban J connectivity index is 5.27. The summed E-state index contributed by atoms with van der Waals surface area (Å²) in [7, 11) is -9.93. The summed E-state index contributed by atoms with van der Waals surface area (Å²) in [5.41, 5.74) is 0. The standard InChI is InChI=1S/C82H156O17P2/c1-7-9-11-13-15-17-19-21-23-24-25-26-27-28-30-32-34-41-48-54-60-66-81(86)98-77(70-92-79(84)64-58-52-46-40-33-31-29-22-20-18-16-14-12-10-8-2)72-96-100(88,89)94-68-76(83)69-95-101(90,91)97-73-78(71-93-80(85)65-59-53-47-43-37-39-45-51-57-63-75(5)6)99-82(87)67-61-55-49-42-36-35-38-44-50-56-62-74(3)4/h18,20,22,29,74-78,83H,7-17,19,21,23-28,30-73H2,1-6H3,(H,88,89)(H,90,91)/b20-18-,29-22-/t76-,77-,78-/m1/s1. The van der Waals surface area contributed by atoms with E-state index in [0.717, 1.165) is 121 Å². The summed E-state index contributed by atoms with van der Waals surface area (Å²) in [5.74, 6) is -0.647. The molecule has 0 heterocycles. The van der Waals surface area contributed by atoms with Gasteiger partial charge in [-0.25, -0.2) is 9.13 Å². The molecule has 0 aromatic heterocycles. The molecule has 0 aliphatic heterocycles. The smallest absolute Gasteiger partial charge is 0.462 e. The van der Waals surface area contributed by atoms with E-state index >= 15 is 0 Å². The number of phosphoric ester groups is 2. The molecule has 0 rings (SSSR count). The highest BCUT2D eigenvalue weighted by atomic mass is 31.2. The van der Waals surface area contributed by atoms with Gasteiger partial charge in [-0.1, -0.05) is 355 Å². The maximum absolute atomic E-state index is 13.1. The van der Waals surface area contributed by atoms with E-state index < -0.39 is 97.5 Å². The zero-order valence-corrected chi connectivity index (χ0v) is 67.5. The molecule has 2 unspecified atom stereocenters. The molecule has 17 nitrogen and oxygen atoms in total. The second-order valence-electron chi connectivity index (χ2n) is 29.8. The van der Waals surface area contributed by atoms with Gasteiger partial charge in [0.2, 0.25) is 0 Å². The van der Waals surface area contributed by atoms with Crippen molar-refractivity contribution in [3.05, 3.63) is 24.3 Å². The van der Waals surface area contributed by atoms with Crippen LogP contribution in [0.25, 0.3) is 0 Å². The topological polar surface area (TPSA) is 237 Å². The first-order valence-corrected chi connectivity index (χ1v) is 44.8. The minimum absolute atomic E-state index is 0.102. The van der Waals surface area contributed by atoms with E-state index in [9.17, 15) is 43.2 Å². The van der Waals surface area contributed by atoms with Crippen LogP contribution in [0.15, 0.2) is 24.3 Å². The van der Waals surface area contributed by atoms with Gasteiger partial charge in [-0.3, -0.25) is 37.3 Å². The maximum atomic E-state index is 13.1. The van der Waals surface area contributed by atoms with Crippen LogP contribution in [0.4, 0.5) is 0 Å². The van der Waals surface area contributed by atoms with Gasteiger partial charge >= 0.3 is 39.5 Å². The van der Waals surface area contributed by atoms with Crippen molar-refractivity contribution in [1.29, 1.82) is 0 Å². The van der Waals surface area contributed by atoms with Crippen molar-refractivity contribution in [2.24, 2.45) is 11.8 Å². The second kappa shape index (κ2) is 73.1. The number of esters is 4. The van der Waals surface area contributed by atoms with Gasteiger partial charge in [-0.2, -0.15) is 0 Å². The molecule has 0 saturated carbocycles. The Morgan fingerprint density at radius 2 is 0.535 bits per heavy atom. The van der Waals surface area contributed by atoms with E-state index in [4.69, 9.17) is 37.0 Å². The molecule has 596 valence electrons. The number of phosphoric acid groups is 2. The van der Waals surface area contributed by atoms with E-state index in [1.807, 2.05) is 0 Å². The van der Waals surface area contributed by atoms with Crippen molar-refractivity contribution in [2.45, 2.75) is 426 Å². The van der Waals surface area contributed by atoms with Gasteiger partial charge < -0.3 is 33.8 Å². The number of unbranched alkanes of at least 4 members (excludes halogenated alkanes) is 46. The van der Waals surface area contributed by atoms with Crippen molar-refractivity contribution in [2.75, 3.05) is 39.6 Å². The van der Waals surface area contributed by atoms with Crippen LogP contribution in [-0.2, 0) is 65.4 Å². The van der Waals surface area contributed by atoms with Gasteiger partial charge in [0.1, 0.15) is 19.3 Å². The van der Waals surface area contributed by atoms with Gasteiger partial charge in [0.25, 0.3) is 0 Å². The molecule has 0 aliphatic rings. The summed E-state index contributed by atoms with van der Waals surface area (Å²) in [6.45, 7) is 9.54. The lowest BCUT2D eigenvalue weighted by atomic mass is 10.0. The fourth-order valence-corrected chi connectivity index (χ4v) is 13.8. The lowest BCUT2D eigenvalue weighted by Gasteiger charge is -2.21. The molecule has 0 saturated heterocycles. The number of aliphatic hydroxyl groups is 1. The van der Waals surface area contributed by atoms with Crippen molar-refractivity contribution < 1.29 is 80.2 Å². The molecule has 0 spiro atoms. The monoisotopic (exact) mass is 1480 g/mol. The SMILES string of the molecule is CCCCCC/C=C\C=C/CCCCCCCC(=O)OC[C@H](COP(=O)(O)OC[C@@H](O)COP(=O)(O)OC[C@@H](COC(=O)CCCCCCCCCCCC(C)C)OC(=O)CCCCCCCCCCCCC(C)C)OC(=O)CCCCCCCCCCCCCCCCCCCCCCC. The molecule has 101 heavy (non-hydrogen) atoms. The fraction of sp³-hybridized carbons (Fsp3) is 0.902. The number of carbonyl (C=O) groups excluding carboxylic acids is 4. The van der Waals surface area contributed by atoms with E-state index in [1.165, 1.54) is 205 Å². The summed E-state index contributed by atoms with van der Waals surface area (Å²) in [5, 5.41) is 10.6. The van der Waals surface area contributed by atoms with Gasteiger partial charge in [-0.15, -0.1) is 0 Å². The first kappa shape index (κ1) is 98.5. The van der Waals surface area contributed by atoms with E-state index in [-0.39, 0.29) is 25.7 Å². The van der Waals surface area contributed by atoms with Gasteiger partial charge in [0, 0.05) is 25.7 Å². The predicted octanol–water partition coefficient (Wildman–Crippen LogP) is 24.2. The fourth-order valence-electron chi connectivity index (χ4n) is 12.2. The molecule has 0 aromatic rings. The Morgan fingerprint density at radius 3 is 0.812 bits per heavy atom. The van der Waals surface area contributed by atoms with Gasteiger partial charge in [0.05, 0.1) is 26.4 Å². The number of aliphatic hydroxyl groups excluding tert-OH is 1. The normalized spacial score (nSPS) is 14.0. The highest BCUT2D eigenvalue weighted by molar-refractivity contribution is 7.47. The lowest BCUT2D eigenvalue weighted by Crippen LogP contribution is -2.30. The van der Waals surface area contributed by atoms with Crippen LogP contribution in [0, 0.1) is 11.8 Å². The van der Waals surface area contributed by atoms with Crippen molar-refractivity contribution >= 4 is 39.5 Å². The van der Waals surface area contributed by atoms with Crippen LogP contribution in [0.3, 0.4) is 0 Å². The molecule has 0 bridgehead atoms. The molecule has 0 amide bonds. The summed E-state index contributed by atoms with van der Waals surface area (Å²) in [6.07, 6.45) is 66.1. The Kier molecular flexibility index (Phi) is 71.3. The van der Waals surface area contributed by atoms with E-state index in [0.29, 0.717) is 25.7 Å². The Morgan fingerprint density at radius 1 is 0.307 bits per heavy atom. The van der Waals surface area contributed by atoms with E-state index in [1.54, 1.807) is 0 Å². The third-order valence-electron chi connectivity index (χ3n) is 18.6. The van der Waals surface area contributed by atoms with Crippen LogP contribution >= 0.6 is 15.6 Å². The Hall–Kier alpha value is -2.46. The molecule has 0 aliphatic carbocycles. The molecule has 3 N–H and O–H groups in total. The average Bonchev–Trinajstić information content (AvgIpc) is 0.934. The lowest BCUT2D eigenvalue weighted by molar-refractivity contribution is -0.161. The first-order valence-electron chi connectivity index (χ1n) is 41.8. The summed E-state index contributed by atoms with van der Waals surface area (Å²) in [4.78, 5) is 73.0. The van der Waals surface area contributed by atoms with Crippen LogP contribution < -0.4 is 0 Å². The van der Waals surface area contributed by atoms with Gasteiger partial charge in [0.15, 0.2) is 12.2 Å². The highest BCUT2D eigenvalue weighted by Gasteiger charge is 2.30. The number of hydrogen-bond acceptors (Lipinski definition) is 15. The molecule has 0 radical (unpaired) electrons. The second-order valence-corrected chi connectivity index (χ2v) is 32.7. The third kappa shape index (κ3) is 75.6. The maximum Gasteiger partial charge on any atom is 0.472 e. The van der Waals surface area contributed by atoms with Crippen LogP contribution in [0.5, 0.6) is 0 Å². The minimum Gasteiger partial charge on any atom is -0.462 e. The molecular formula is C82H156O17P2. The predicted molar refractivity (Wildman–Crippen MR) is 414 cm³/mol. The number of carbonyl (C=O) groups is 4. The van der Waals surface area contributed by atoms with Crippen molar-refractivity contribution in [1.82, 2.24) is 0 Å². The molecular weight excluding hydrogens is 1320 g/mol. The largest absolute Gasteiger partial charge is 0.472 e. The molecule has 5 atom stereocenters. The number of hydrogen-bond donors (Lipinski definition) is 3. The Labute approximate surface area is 618 Å². The molecule has 0 fully saturated rings. The summed E-state index contributed by atoms with van der Waals surface area (Å²) in [6, 6.07) is 0. The average molecular weight is 1480 g/mol. The summed E-state index contributed by atoms with van der Waals surface area (Å²) >= 11 is 0. The number of allylic oxidation sites excluding steroid dienone is 4. The van der Waals surface area contributed by atoms with Crippen LogP contribution in [0.2, 0.25) is 0 Å². The van der Waals surface area contributed by atoms with Crippen LogP contribution in [-0.4, -0.2) is 96.7 Å². The summed E-state index contributed by atoms with van der Waals surface area (Å²) < 4.78 is 68.7. The van der Waals surface area contributed by atoms with Gasteiger partial charge in [-0.05, 0) is 63.2 Å². The third-order valence-corrected chi connectivity index (χ3v) is 20.5. The van der Waals surface area contributed by atoms with E-state index in [2.05, 4.69) is 65.8 Å². The minimum atomic E-state index is -4.97. The molecule has 19 heteroatoms. The molecule has 0 aromatic carbocycles. The Bertz CT molecular complexity index is 2040. The first-order chi connectivity index (χ1) is 48.9. The zero-order chi connectivity index (χ0) is 74.2. The van der Waals surface area contributed by atoms with Crippen molar-refractivity contribution in [3.63, 3.8) is 0 Å².